The van der Waals surface area contributed by atoms with Gasteiger partial charge in [0.2, 0.25) is 0 Å². The Bertz CT molecular complexity index is 178. The maximum atomic E-state index is 10.7. The second-order valence-corrected chi connectivity index (χ2v) is 3.82. The first-order valence-electron chi connectivity index (χ1n) is 4.64. The standard InChI is InChI=1S/C9H14O3/c10-9(11)6-4-7-2-1-3-8(5-6)12-7/h6-8H,1-5H2,(H,10,11). The summed E-state index contributed by atoms with van der Waals surface area (Å²) in [5.74, 6) is -0.788. The first kappa shape index (κ1) is 8.05. The molecule has 0 radical (unpaired) electrons. The van der Waals surface area contributed by atoms with E-state index in [-0.39, 0.29) is 18.1 Å². The zero-order chi connectivity index (χ0) is 8.55. The average molecular weight is 170 g/mol. The van der Waals surface area contributed by atoms with Crippen LogP contribution in [0.2, 0.25) is 0 Å². The van der Waals surface area contributed by atoms with Crippen LogP contribution in [-0.2, 0) is 9.53 Å². The number of ether oxygens (including phenoxy) is 1. The Labute approximate surface area is 71.7 Å². The summed E-state index contributed by atoms with van der Waals surface area (Å²) >= 11 is 0. The Kier molecular flexibility index (Phi) is 2.05. The molecule has 68 valence electrons. The number of carboxylic acid groups (broad SMARTS) is 1. The molecule has 0 aromatic rings. The number of hydrogen-bond acceptors (Lipinski definition) is 2. The predicted molar refractivity (Wildman–Crippen MR) is 42.9 cm³/mol. The van der Waals surface area contributed by atoms with E-state index in [0.29, 0.717) is 0 Å². The molecule has 1 N–H and O–H groups in total. The number of rotatable bonds is 1. The topological polar surface area (TPSA) is 46.5 Å². The summed E-state index contributed by atoms with van der Waals surface area (Å²) in [6, 6.07) is 0. The second-order valence-electron chi connectivity index (χ2n) is 3.82. The fourth-order valence-electron chi connectivity index (χ4n) is 2.26. The molecule has 2 bridgehead atoms. The number of hydrogen-bond donors (Lipinski definition) is 1. The van der Waals surface area contributed by atoms with Crippen molar-refractivity contribution in [2.24, 2.45) is 5.92 Å². The lowest BCUT2D eigenvalue weighted by atomic mass is 9.84. The highest BCUT2D eigenvalue weighted by Crippen LogP contribution is 2.34. The highest BCUT2D eigenvalue weighted by atomic mass is 16.5. The van der Waals surface area contributed by atoms with Gasteiger partial charge in [0.15, 0.2) is 0 Å². The molecular weight excluding hydrogens is 156 g/mol. The van der Waals surface area contributed by atoms with Gasteiger partial charge in [-0.05, 0) is 32.1 Å². The lowest BCUT2D eigenvalue weighted by Crippen LogP contribution is -2.39. The van der Waals surface area contributed by atoms with Crippen LogP contribution in [0.4, 0.5) is 0 Å². The molecule has 0 aromatic heterocycles. The molecule has 0 amide bonds. The molecule has 2 aliphatic rings. The van der Waals surface area contributed by atoms with Gasteiger partial charge in [0.05, 0.1) is 18.1 Å². The molecule has 12 heavy (non-hydrogen) atoms. The number of carbonyl (C=O) groups is 1. The van der Waals surface area contributed by atoms with Crippen molar-refractivity contribution >= 4 is 5.97 Å². The van der Waals surface area contributed by atoms with E-state index >= 15 is 0 Å². The van der Waals surface area contributed by atoms with E-state index < -0.39 is 5.97 Å². The summed E-state index contributed by atoms with van der Waals surface area (Å²) in [4.78, 5) is 10.7. The molecule has 2 atom stereocenters. The summed E-state index contributed by atoms with van der Waals surface area (Å²) in [5, 5.41) is 8.84. The molecule has 0 spiro atoms. The Morgan fingerprint density at radius 2 is 1.83 bits per heavy atom. The minimum atomic E-state index is -0.643. The van der Waals surface area contributed by atoms with Gasteiger partial charge in [-0.2, -0.15) is 0 Å². The predicted octanol–water partition coefficient (Wildman–Crippen LogP) is 1.42. The van der Waals surface area contributed by atoms with E-state index in [1.165, 1.54) is 6.42 Å². The van der Waals surface area contributed by atoms with E-state index in [0.717, 1.165) is 25.7 Å². The highest BCUT2D eigenvalue weighted by Gasteiger charge is 2.35. The van der Waals surface area contributed by atoms with Crippen LogP contribution in [0, 0.1) is 5.92 Å². The van der Waals surface area contributed by atoms with Crippen molar-refractivity contribution in [1.29, 1.82) is 0 Å². The third-order valence-corrected chi connectivity index (χ3v) is 2.88. The lowest BCUT2D eigenvalue weighted by Gasteiger charge is -2.37. The zero-order valence-electron chi connectivity index (χ0n) is 7.03. The molecule has 2 heterocycles. The molecule has 3 nitrogen and oxygen atoms in total. The van der Waals surface area contributed by atoms with Crippen LogP contribution >= 0.6 is 0 Å². The molecule has 0 aromatic carbocycles. The molecule has 2 rings (SSSR count). The van der Waals surface area contributed by atoms with Crippen molar-refractivity contribution in [2.75, 3.05) is 0 Å². The molecule has 2 saturated heterocycles. The van der Waals surface area contributed by atoms with Crippen molar-refractivity contribution in [2.45, 2.75) is 44.3 Å². The Balaban J connectivity index is 2.00. The molecule has 2 fully saturated rings. The van der Waals surface area contributed by atoms with Crippen molar-refractivity contribution < 1.29 is 14.6 Å². The van der Waals surface area contributed by atoms with Crippen molar-refractivity contribution in [3.8, 4) is 0 Å². The maximum Gasteiger partial charge on any atom is 0.306 e. The maximum absolute atomic E-state index is 10.7. The monoisotopic (exact) mass is 170 g/mol. The molecule has 0 aliphatic carbocycles. The van der Waals surface area contributed by atoms with Gasteiger partial charge in [-0.1, -0.05) is 0 Å². The summed E-state index contributed by atoms with van der Waals surface area (Å²) in [5.41, 5.74) is 0. The van der Waals surface area contributed by atoms with E-state index in [4.69, 9.17) is 9.84 Å². The molecular formula is C9H14O3. The van der Waals surface area contributed by atoms with Crippen LogP contribution in [0.1, 0.15) is 32.1 Å². The van der Waals surface area contributed by atoms with Gasteiger partial charge in [-0.3, -0.25) is 4.79 Å². The zero-order valence-corrected chi connectivity index (χ0v) is 7.03. The van der Waals surface area contributed by atoms with Crippen LogP contribution in [-0.4, -0.2) is 23.3 Å². The SMILES string of the molecule is O=C(O)C1CC2CCCC(C1)O2. The fourth-order valence-corrected chi connectivity index (χ4v) is 2.26. The van der Waals surface area contributed by atoms with Gasteiger partial charge in [0.25, 0.3) is 0 Å². The van der Waals surface area contributed by atoms with Gasteiger partial charge in [-0.15, -0.1) is 0 Å². The van der Waals surface area contributed by atoms with Crippen LogP contribution in [0.3, 0.4) is 0 Å². The van der Waals surface area contributed by atoms with Crippen LogP contribution < -0.4 is 0 Å². The number of carboxylic acids is 1. The van der Waals surface area contributed by atoms with Crippen LogP contribution in [0.5, 0.6) is 0 Å². The fraction of sp³-hybridized carbons (Fsp3) is 0.889. The van der Waals surface area contributed by atoms with Gasteiger partial charge in [-0.25, -0.2) is 0 Å². The number of fused-ring (bicyclic) bond motifs is 2. The van der Waals surface area contributed by atoms with Crippen LogP contribution in [0.25, 0.3) is 0 Å². The third kappa shape index (κ3) is 1.46. The third-order valence-electron chi connectivity index (χ3n) is 2.88. The molecule has 3 heteroatoms. The normalized spacial score (nSPS) is 40.8. The van der Waals surface area contributed by atoms with Crippen molar-refractivity contribution in [3.05, 3.63) is 0 Å². The van der Waals surface area contributed by atoms with Crippen molar-refractivity contribution in [3.63, 3.8) is 0 Å². The second kappa shape index (κ2) is 3.05. The Hall–Kier alpha value is -0.570. The first-order chi connectivity index (χ1) is 5.75. The summed E-state index contributed by atoms with van der Waals surface area (Å²) in [6.07, 6.45) is 5.25. The average Bonchev–Trinajstić information content (AvgIpc) is 2.03. The van der Waals surface area contributed by atoms with Crippen molar-refractivity contribution in [1.82, 2.24) is 0 Å². The number of aliphatic carboxylic acids is 1. The highest BCUT2D eigenvalue weighted by molar-refractivity contribution is 5.70. The van der Waals surface area contributed by atoms with E-state index in [1.54, 1.807) is 0 Å². The Morgan fingerprint density at radius 3 is 2.33 bits per heavy atom. The van der Waals surface area contributed by atoms with Gasteiger partial charge in [0, 0.05) is 0 Å². The molecule has 2 aliphatic heterocycles. The van der Waals surface area contributed by atoms with E-state index in [9.17, 15) is 4.79 Å². The molecule has 0 saturated carbocycles. The first-order valence-corrected chi connectivity index (χ1v) is 4.64. The summed E-state index contributed by atoms with van der Waals surface area (Å²) < 4.78 is 5.64. The summed E-state index contributed by atoms with van der Waals surface area (Å²) in [6.45, 7) is 0. The Morgan fingerprint density at radius 1 is 1.25 bits per heavy atom. The van der Waals surface area contributed by atoms with Gasteiger partial charge in [0.1, 0.15) is 0 Å². The minimum Gasteiger partial charge on any atom is -0.481 e. The van der Waals surface area contributed by atoms with Crippen LogP contribution in [0.15, 0.2) is 0 Å². The lowest BCUT2D eigenvalue weighted by molar-refractivity contribution is -0.155. The largest absolute Gasteiger partial charge is 0.481 e. The smallest absolute Gasteiger partial charge is 0.306 e. The molecule has 2 unspecified atom stereocenters. The minimum absolute atomic E-state index is 0.144. The van der Waals surface area contributed by atoms with E-state index in [2.05, 4.69) is 0 Å². The van der Waals surface area contributed by atoms with Gasteiger partial charge >= 0.3 is 5.97 Å². The van der Waals surface area contributed by atoms with Gasteiger partial charge < -0.3 is 9.84 Å². The quantitative estimate of drug-likeness (QED) is 0.647. The summed E-state index contributed by atoms with van der Waals surface area (Å²) in [7, 11) is 0. The van der Waals surface area contributed by atoms with E-state index in [1.807, 2.05) is 0 Å².